The number of nitrogens with zero attached hydrogens (tertiary/aromatic N) is 8. The van der Waals surface area contributed by atoms with E-state index in [4.69, 9.17) is 4.74 Å². The maximum Gasteiger partial charge on any atom is 0.350 e. The number of carbonyl (C=O) groups excluding carboxylic acids is 1. The predicted molar refractivity (Wildman–Crippen MR) is 163 cm³/mol. The normalized spacial score (nSPS) is 13.8. The van der Waals surface area contributed by atoms with E-state index in [2.05, 4.69) is 46.6 Å². The van der Waals surface area contributed by atoms with Gasteiger partial charge < -0.3 is 9.64 Å². The van der Waals surface area contributed by atoms with E-state index in [1.54, 1.807) is 25.2 Å². The largest absolute Gasteiger partial charge is 0.462 e. The van der Waals surface area contributed by atoms with Crippen LogP contribution < -0.4 is 4.90 Å². The third-order valence-corrected chi connectivity index (χ3v) is 8.43. The molecule has 1 fully saturated rings. The Morgan fingerprint density at radius 1 is 0.829 bits per heavy atom. The van der Waals surface area contributed by atoms with Crippen LogP contribution in [0.25, 0.3) is 0 Å². The van der Waals surface area contributed by atoms with Crippen molar-refractivity contribution in [3.05, 3.63) is 70.2 Å². The Bertz CT molecular complexity index is 1630. The summed E-state index contributed by atoms with van der Waals surface area (Å²) in [4.78, 5) is 19.2. The number of aromatic nitrogens is 1. The van der Waals surface area contributed by atoms with Crippen LogP contribution in [-0.4, -0.2) is 30.6 Å². The van der Waals surface area contributed by atoms with Crippen molar-refractivity contribution in [2.75, 3.05) is 24.6 Å². The van der Waals surface area contributed by atoms with Gasteiger partial charge in [-0.1, -0.05) is 22.7 Å². The van der Waals surface area contributed by atoms with Crippen LogP contribution in [0.5, 0.6) is 0 Å². The van der Waals surface area contributed by atoms with Crippen LogP contribution in [0.3, 0.4) is 0 Å². The van der Waals surface area contributed by atoms with E-state index in [1.165, 1.54) is 17.8 Å². The maximum absolute atomic E-state index is 12.0. The van der Waals surface area contributed by atoms with Gasteiger partial charge in [0.2, 0.25) is 5.13 Å². The molecule has 210 valence electrons. The zero-order chi connectivity index (χ0) is 28.8. The topological polar surface area (TPSA) is 117 Å². The molecule has 0 atom stereocenters. The van der Waals surface area contributed by atoms with Crippen molar-refractivity contribution in [3.63, 3.8) is 0 Å². The summed E-state index contributed by atoms with van der Waals surface area (Å²) >= 11 is 2.83. The molecule has 2 aromatic carbocycles. The number of aryl methyl sites for hydroxylation is 3. The first-order valence-corrected chi connectivity index (χ1v) is 15.0. The fraction of sp³-hybridized carbons (Fsp3) is 0.310. The molecule has 0 saturated carbocycles. The highest BCUT2D eigenvalue weighted by Crippen LogP contribution is 2.36. The Labute approximate surface area is 246 Å². The third-order valence-electron chi connectivity index (χ3n) is 6.38. The van der Waals surface area contributed by atoms with Crippen molar-refractivity contribution < 1.29 is 9.53 Å². The van der Waals surface area contributed by atoms with Crippen LogP contribution in [0.1, 0.15) is 46.3 Å². The molecule has 0 aliphatic carbocycles. The van der Waals surface area contributed by atoms with Crippen LogP contribution in [0.15, 0.2) is 79.2 Å². The molecular weight excluding hydrogens is 557 g/mol. The summed E-state index contributed by atoms with van der Waals surface area (Å²) in [6.07, 6.45) is 2.51. The first-order valence-electron chi connectivity index (χ1n) is 13.4. The minimum absolute atomic E-state index is 0.308. The lowest BCUT2D eigenvalue weighted by Gasteiger charge is -2.13. The summed E-state index contributed by atoms with van der Waals surface area (Å²) in [6, 6.07) is 15.4. The Morgan fingerprint density at radius 3 is 2.10 bits per heavy atom. The van der Waals surface area contributed by atoms with Crippen LogP contribution in [0.4, 0.5) is 37.9 Å². The van der Waals surface area contributed by atoms with Gasteiger partial charge >= 0.3 is 5.97 Å². The molecule has 0 N–H and O–H groups in total. The summed E-state index contributed by atoms with van der Waals surface area (Å²) in [7, 11) is 0. The number of azo groups is 3. The number of thiophene rings is 1. The van der Waals surface area contributed by atoms with E-state index >= 15 is 0 Å². The second-order valence-electron chi connectivity index (χ2n) is 9.48. The third kappa shape index (κ3) is 7.14. The van der Waals surface area contributed by atoms with Crippen molar-refractivity contribution in [3.8, 4) is 0 Å². The van der Waals surface area contributed by atoms with E-state index in [-0.39, 0.29) is 0 Å². The zero-order valence-corrected chi connectivity index (χ0v) is 25.0. The second kappa shape index (κ2) is 13.0. The lowest BCUT2D eigenvalue weighted by Crippen LogP contribution is -2.15. The minimum atomic E-state index is -0.395. The first kappa shape index (κ1) is 28.4. The van der Waals surface area contributed by atoms with Crippen LogP contribution in [0.2, 0.25) is 0 Å². The number of esters is 1. The molecule has 0 radical (unpaired) electrons. The molecule has 41 heavy (non-hydrogen) atoms. The van der Waals surface area contributed by atoms with Gasteiger partial charge in [-0.15, -0.1) is 20.5 Å². The lowest BCUT2D eigenvalue weighted by atomic mass is 10.2. The molecule has 1 aliphatic heterocycles. The lowest BCUT2D eigenvalue weighted by molar-refractivity contribution is 0.0531. The molecule has 10 nitrogen and oxygen atoms in total. The van der Waals surface area contributed by atoms with Gasteiger partial charge in [0.1, 0.15) is 9.88 Å². The van der Waals surface area contributed by atoms with Crippen molar-refractivity contribution in [2.45, 2.75) is 40.5 Å². The Kier molecular flexibility index (Phi) is 9.00. The van der Waals surface area contributed by atoms with Crippen LogP contribution in [0, 0.1) is 20.8 Å². The minimum Gasteiger partial charge on any atom is -0.462 e. The van der Waals surface area contributed by atoms with Crippen LogP contribution in [-0.2, 0) is 4.74 Å². The van der Waals surface area contributed by atoms with Gasteiger partial charge in [0.05, 0.1) is 40.1 Å². The Hall–Kier alpha value is -4.16. The van der Waals surface area contributed by atoms with E-state index in [0.717, 1.165) is 51.9 Å². The molecule has 3 heterocycles. The fourth-order valence-electron chi connectivity index (χ4n) is 4.23. The SMILES string of the molecule is CCOC(=O)c1sc(/N=N/c2ccc(/N=N/c3ccc(/N=N/c4ccc(N5CCCC5)s4)cc3C)cc2C)nc1C. The Morgan fingerprint density at radius 2 is 1.46 bits per heavy atom. The molecule has 0 spiro atoms. The molecular formula is C29H30N8O2S2. The average Bonchev–Trinajstić information content (AvgIpc) is 3.72. The summed E-state index contributed by atoms with van der Waals surface area (Å²) in [5.41, 5.74) is 5.33. The smallest absolute Gasteiger partial charge is 0.350 e. The van der Waals surface area contributed by atoms with Gasteiger partial charge in [0.15, 0.2) is 0 Å². The number of rotatable bonds is 9. The molecule has 12 heteroatoms. The molecule has 0 bridgehead atoms. The van der Waals surface area contributed by atoms with Crippen molar-refractivity contribution in [1.82, 2.24) is 4.98 Å². The van der Waals surface area contributed by atoms with Gasteiger partial charge in [0.25, 0.3) is 0 Å². The molecule has 0 unspecified atom stereocenters. The average molecular weight is 587 g/mol. The van der Waals surface area contributed by atoms with Gasteiger partial charge in [-0.3, -0.25) is 0 Å². The van der Waals surface area contributed by atoms with Gasteiger partial charge in [-0.2, -0.15) is 10.2 Å². The number of hydrogen-bond acceptors (Lipinski definition) is 12. The van der Waals surface area contributed by atoms with Crippen molar-refractivity contribution >= 4 is 66.5 Å². The number of carbonyl (C=O) groups is 1. The zero-order valence-electron chi connectivity index (χ0n) is 23.4. The Balaban J connectivity index is 1.22. The molecule has 2 aromatic heterocycles. The number of ether oxygens (including phenoxy) is 1. The number of benzene rings is 2. The first-order chi connectivity index (χ1) is 19.9. The van der Waals surface area contributed by atoms with Crippen LogP contribution >= 0.6 is 22.7 Å². The summed E-state index contributed by atoms with van der Waals surface area (Å²) in [5.74, 6) is -0.395. The molecule has 4 aromatic rings. The van der Waals surface area contributed by atoms with Gasteiger partial charge in [0, 0.05) is 13.1 Å². The standard InChI is InChI=1S/C29H30N8O2S2/c1-5-39-28(38)27-20(4)30-29(41-27)36-34-24-11-8-21(16-19(24)3)31-33-23-10-9-22(17-18(23)2)32-35-25-12-13-26(40-25)37-14-6-7-15-37/h8-13,16-17H,5-7,14-15H2,1-4H3/b33-31+,35-32+,36-34+. The quantitative estimate of drug-likeness (QED) is 0.143. The van der Waals surface area contributed by atoms with E-state index < -0.39 is 5.97 Å². The predicted octanol–water partition coefficient (Wildman–Crippen LogP) is 10.2. The number of hydrogen-bond donors (Lipinski definition) is 0. The van der Waals surface area contributed by atoms with E-state index in [9.17, 15) is 4.79 Å². The number of thiazole rings is 1. The summed E-state index contributed by atoms with van der Waals surface area (Å²) in [6.45, 7) is 9.97. The molecule has 1 aliphatic rings. The summed E-state index contributed by atoms with van der Waals surface area (Å²) < 4.78 is 5.06. The van der Waals surface area contributed by atoms with E-state index in [0.29, 0.717) is 33.7 Å². The van der Waals surface area contributed by atoms with E-state index in [1.807, 2.05) is 56.3 Å². The molecule has 5 rings (SSSR count). The highest BCUT2D eigenvalue weighted by Gasteiger charge is 2.16. The molecule has 0 amide bonds. The highest BCUT2D eigenvalue weighted by molar-refractivity contribution is 7.19. The van der Waals surface area contributed by atoms with Crippen molar-refractivity contribution in [2.24, 2.45) is 30.7 Å². The van der Waals surface area contributed by atoms with Gasteiger partial charge in [-0.05, 0) is 100 Å². The number of anilines is 1. The molecule has 1 saturated heterocycles. The fourth-order valence-corrected chi connectivity index (χ4v) is 5.90. The van der Waals surface area contributed by atoms with Crippen molar-refractivity contribution in [1.29, 1.82) is 0 Å². The highest BCUT2D eigenvalue weighted by atomic mass is 32.1. The monoisotopic (exact) mass is 586 g/mol. The summed E-state index contributed by atoms with van der Waals surface area (Å²) in [5, 5.41) is 28.8. The van der Waals surface area contributed by atoms with Gasteiger partial charge in [-0.25, -0.2) is 9.78 Å². The second-order valence-corrected chi connectivity index (χ2v) is 11.5. The maximum atomic E-state index is 12.0.